The van der Waals surface area contributed by atoms with E-state index in [1.165, 1.54) is 0 Å². The molecule has 1 aromatic rings. The molecule has 1 aliphatic heterocycles. The third-order valence-electron chi connectivity index (χ3n) is 3.15. The molecule has 1 amide bonds. The predicted molar refractivity (Wildman–Crippen MR) is 70.4 cm³/mol. The number of anilines is 2. The van der Waals surface area contributed by atoms with Gasteiger partial charge in [0, 0.05) is 22.7 Å². The minimum absolute atomic E-state index is 0.00605. The van der Waals surface area contributed by atoms with E-state index in [4.69, 9.17) is 5.73 Å². The maximum atomic E-state index is 11.3. The van der Waals surface area contributed by atoms with Crippen molar-refractivity contribution in [3.05, 3.63) is 18.2 Å². The first-order valence-electron chi connectivity index (χ1n) is 5.74. The Morgan fingerprint density at radius 3 is 3.06 bits per heavy atom. The zero-order valence-electron chi connectivity index (χ0n) is 9.45. The Bertz CT molecular complexity index is 471. The molecule has 90 valence electrons. The highest BCUT2D eigenvalue weighted by molar-refractivity contribution is 8.00. The molecule has 0 bridgehead atoms. The van der Waals surface area contributed by atoms with Gasteiger partial charge in [-0.1, -0.05) is 0 Å². The molecule has 4 N–H and O–H groups in total. The van der Waals surface area contributed by atoms with E-state index in [9.17, 15) is 4.79 Å². The summed E-state index contributed by atoms with van der Waals surface area (Å²) in [4.78, 5) is 12.4. The van der Waals surface area contributed by atoms with Crippen molar-refractivity contribution in [1.29, 1.82) is 0 Å². The van der Waals surface area contributed by atoms with Gasteiger partial charge in [0.15, 0.2) is 0 Å². The topological polar surface area (TPSA) is 67.2 Å². The summed E-state index contributed by atoms with van der Waals surface area (Å²) in [5.41, 5.74) is 7.93. The number of rotatable bonds is 3. The van der Waals surface area contributed by atoms with Crippen molar-refractivity contribution < 1.29 is 4.79 Å². The van der Waals surface area contributed by atoms with Crippen LogP contribution in [0.25, 0.3) is 0 Å². The fourth-order valence-corrected chi connectivity index (χ4v) is 2.60. The lowest BCUT2D eigenvalue weighted by molar-refractivity contribution is -0.113. The predicted octanol–water partition coefficient (Wildman–Crippen LogP) is 1.63. The summed E-state index contributed by atoms with van der Waals surface area (Å²) >= 11 is 1.58. The summed E-state index contributed by atoms with van der Waals surface area (Å²) < 4.78 is 0. The Morgan fingerprint density at radius 2 is 2.29 bits per heavy atom. The molecular weight excluding hydrogens is 234 g/mol. The first-order valence-corrected chi connectivity index (χ1v) is 6.73. The van der Waals surface area contributed by atoms with Crippen LogP contribution in [-0.2, 0) is 4.79 Å². The van der Waals surface area contributed by atoms with Crippen LogP contribution in [-0.4, -0.2) is 23.7 Å². The lowest BCUT2D eigenvalue weighted by Crippen LogP contribution is -2.31. The molecular formula is C12H15N3OS. The molecule has 5 heteroatoms. The summed E-state index contributed by atoms with van der Waals surface area (Å²) in [7, 11) is 0. The monoisotopic (exact) mass is 249 g/mol. The quantitative estimate of drug-likeness (QED) is 0.761. The van der Waals surface area contributed by atoms with E-state index >= 15 is 0 Å². The van der Waals surface area contributed by atoms with Crippen molar-refractivity contribution in [2.75, 3.05) is 22.9 Å². The molecule has 0 atom stereocenters. The minimum atomic E-state index is -0.00605. The van der Waals surface area contributed by atoms with Gasteiger partial charge in [-0.05, 0) is 31.0 Å². The number of hydrogen-bond donors (Lipinski definition) is 3. The molecule has 1 fully saturated rings. The molecule has 0 unspecified atom stereocenters. The van der Waals surface area contributed by atoms with Gasteiger partial charge >= 0.3 is 0 Å². The van der Waals surface area contributed by atoms with Gasteiger partial charge in [0.25, 0.3) is 0 Å². The number of carbonyl (C=O) groups is 1. The average Bonchev–Trinajstić information content (AvgIpc) is 3.05. The van der Waals surface area contributed by atoms with Crippen molar-refractivity contribution >= 4 is 29.0 Å². The third kappa shape index (κ3) is 2.40. The van der Waals surface area contributed by atoms with Crippen molar-refractivity contribution in [3.8, 4) is 0 Å². The Morgan fingerprint density at radius 1 is 1.47 bits per heavy atom. The number of benzene rings is 1. The second-order valence-electron chi connectivity index (χ2n) is 4.76. The number of nitrogens with two attached hydrogens (primary N) is 1. The van der Waals surface area contributed by atoms with Crippen molar-refractivity contribution in [3.63, 3.8) is 0 Å². The van der Waals surface area contributed by atoms with E-state index < -0.39 is 0 Å². The number of carbonyl (C=O) groups excluding carboxylic acids is 1. The molecule has 4 nitrogen and oxygen atoms in total. The smallest absolute Gasteiger partial charge is 0.234 e. The van der Waals surface area contributed by atoms with Gasteiger partial charge < -0.3 is 16.4 Å². The van der Waals surface area contributed by atoms with Crippen LogP contribution in [0.4, 0.5) is 11.4 Å². The van der Waals surface area contributed by atoms with E-state index in [-0.39, 0.29) is 11.4 Å². The molecule has 0 aromatic heterocycles. The maximum absolute atomic E-state index is 11.3. The van der Waals surface area contributed by atoms with Crippen LogP contribution in [0, 0.1) is 0 Å². The van der Waals surface area contributed by atoms with E-state index in [1.807, 2.05) is 18.2 Å². The van der Waals surface area contributed by atoms with Gasteiger partial charge in [-0.2, -0.15) is 0 Å². The van der Waals surface area contributed by atoms with Crippen molar-refractivity contribution in [1.82, 2.24) is 0 Å². The number of thioether (sulfide) groups is 1. The summed E-state index contributed by atoms with van der Waals surface area (Å²) in [5.74, 6) is 0.572. The number of amides is 1. The average molecular weight is 249 g/mol. The zero-order valence-corrected chi connectivity index (χ0v) is 10.3. The standard InChI is InChI=1S/C12H15N3OS/c13-12(3-4-12)7-14-8-1-2-10-9(5-8)15-11(16)6-17-10/h1-2,5,14H,3-4,6-7,13H2,(H,15,16). The number of hydrogen-bond acceptors (Lipinski definition) is 4. The summed E-state index contributed by atoms with van der Waals surface area (Å²) in [5, 5.41) is 6.21. The molecule has 0 spiro atoms. The molecule has 17 heavy (non-hydrogen) atoms. The highest BCUT2D eigenvalue weighted by atomic mass is 32.2. The van der Waals surface area contributed by atoms with E-state index in [1.54, 1.807) is 11.8 Å². The van der Waals surface area contributed by atoms with Gasteiger partial charge in [0.05, 0.1) is 11.4 Å². The van der Waals surface area contributed by atoms with Crippen molar-refractivity contribution in [2.24, 2.45) is 5.73 Å². The van der Waals surface area contributed by atoms with Crippen LogP contribution in [0.15, 0.2) is 23.1 Å². The SMILES string of the molecule is NC1(CNc2ccc3c(c2)NC(=O)CS3)CC1. The molecule has 1 aromatic carbocycles. The van der Waals surface area contributed by atoms with E-state index in [0.29, 0.717) is 5.75 Å². The van der Waals surface area contributed by atoms with Crippen LogP contribution >= 0.6 is 11.8 Å². The molecule has 2 aliphatic rings. The first-order chi connectivity index (χ1) is 8.15. The van der Waals surface area contributed by atoms with Crippen LogP contribution < -0.4 is 16.4 Å². The molecule has 0 saturated heterocycles. The zero-order chi connectivity index (χ0) is 11.9. The van der Waals surface area contributed by atoms with E-state index in [0.717, 1.165) is 35.7 Å². The Balaban J connectivity index is 1.73. The largest absolute Gasteiger partial charge is 0.383 e. The number of fused-ring (bicyclic) bond motifs is 1. The fraction of sp³-hybridized carbons (Fsp3) is 0.417. The molecule has 3 rings (SSSR count). The van der Waals surface area contributed by atoms with Gasteiger partial charge in [-0.3, -0.25) is 4.79 Å². The normalized spacial score (nSPS) is 20.4. The second kappa shape index (κ2) is 3.92. The molecule has 1 aliphatic carbocycles. The van der Waals surface area contributed by atoms with Gasteiger partial charge in [-0.15, -0.1) is 11.8 Å². The van der Waals surface area contributed by atoms with Crippen LogP contribution in [0.2, 0.25) is 0 Å². The highest BCUT2D eigenvalue weighted by Crippen LogP contribution is 2.35. The van der Waals surface area contributed by atoms with Crippen LogP contribution in [0.1, 0.15) is 12.8 Å². The Labute approximate surface area is 104 Å². The van der Waals surface area contributed by atoms with Gasteiger partial charge in [-0.25, -0.2) is 0 Å². The molecule has 1 heterocycles. The first kappa shape index (κ1) is 10.9. The Kier molecular flexibility index (Phi) is 2.52. The lowest BCUT2D eigenvalue weighted by Gasteiger charge is -2.18. The maximum Gasteiger partial charge on any atom is 0.234 e. The number of nitrogens with one attached hydrogen (secondary N) is 2. The van der Waals surface area contributed by atoms with Gasteiger partial charge in [0.1, 0.15) is 0 Å². The second-order valence-corrected chi connectivity index (χ2v) is 5.78. The fourth-order valence-electron chi connectivity index (χ4n) is 1.81. The summed E-state index contributed by atoms with van der Waals surface area (Å²) in [6, 6.07) is 6.05. The Hall–Kier alpha value is -1.20. The third-order valence-corrected chi connectivity index (χ3v) is 4.22. The minimum Gasteiger partial charge on any atom is -0.383 e. The molecule has 1 saturated carbocycles. The van der Waals surface area contributed by atoms with E-state index in [2.05, 4.69) is 10.6 Å². The van der Waals surface area contributed by atoms with Crippen LogP contribution in [0.3, 0.4) is 0 Å². The highest BCUT2D eigenvalue weighted by Gasteiger charge is 2.37. The van der Waals surface area contributed by atoms with Gasteiger partial charge in [0.2, 0.25) is 5.91 Å². The molecule has 0 radical (unpaired) electrons. The lowest BCUT2D eigenvalue weighted by atomic mass is 10.2. The van der Waals surface area contributed by atoms with Crippen molar-refractivity contribution in [2.45, 2.75) is 23.3 Å². The van der Waals surface area contributed by atoms with Crippen LogP contribution in [0.5, 0.6) is 0 Å². The summed E-state index contributed by atoms with van der Waals surface area (Å²) in [6.45, 7) is 0.798. The summed E-state index contributed by atoms with van der Waals surface area (Å²) in [6.07, 6.45) is 2.19.